The highest BCUT2D eigenvalue weighted by Crippen LogP contribution is 2.47. The largest absolute Gasteiger partial charge is 0.338 e. The number of rotatable bonds is 7. The zero-order valence-corrected chi connectivity index (χ0v) is 41.6. The highest BCUT2D eigenvalue weighted by atomic mass is 15.2. The standard InChI is InChI=1S/C35H28N6.C29H25N5/c36-35(18-5-19-35)27-16-14-25(15-17-27)32-31(24-12-10-23(11-13-24)26-6-3-20-37-22-26)40-34-28-7-1-2-8-29(28)39-33-30(41(32)34)9-4-21-38-33;1-29(2,30)21-16-14-20(15-17-21)26-25(19-9-4-3-5-10-19)33-28-22-11-6-7-12-23(22)32-27-24(34(26)28)13-8-18-31-27/h1-4,6-17,20-22H,5,18-19,36H2,(H,38,39);3-18H,30H2,1-2H3,(H,31,32). The van der Waals surface area contributed by atoms with Crippen LogP contribution in [0.1, 0.15) is 44.2 Å². The van der Waals surface area contributed by atoms with E-state index in [0.29, 0.717) is 0 Å². The third kappa shape index (κ3) is 8.15. The summed E-state index contributed by atoms with van der Waals surface area (Å²) in [6.07, 6.45) is 10.6. The number of hydrogen-bond donors (Lipinski definition) is 4. The number of fused-ring (bicyclic) bond motifs is 10. The summed E-state index contributed by atoms with van der Waals surface area (Å²) in [5.41, 5.74) is 31.0. The van der Waals surface area contributed by atoms with Crippen LogP contribution in [-0.2, 0) is 11.1 Å². The van der Waals surface area contributed by atoms with Crippen molar-refractivity contribution in [3.8, 4) is 90.3 Å². The van der Waals surface area contributed by atoms with Gasteiger partial charge in [-0.05, 0) is 110 Å². The van der Waals surface area contributed by atoms with Gasteiger partial charge in [-0.15, -0.1) is 0 Å². The summed E-state index contributed by atoms with van der Waals surface area (Å²) in [5, 5.41) is 7.06. The van der Waals surface area contributed by atoms with E-state index in [0.717, 1.165) is 132 Å². The van der Waals surface area contributed by atoms with Gasteiger partial charge in [-0.2, -0.15) is 0 Å². The molecule has 0 saturated heterocycles. The van der Waals surface area contributed by atoms with Gasteiger partial charge < -0.3 is 22.1 Å². The van der Waals surface area contributed by atoms with Gasteiger partial charge in [0.15, 0.2) is 11.6 Å². The Morgan fingerprint density at radius 1 is 0.480 bits per heavy atom. The maximum Gasteiger partial charge on any atom is 0.154 e. The van der Waals surface area contributed by atoms with Crippen molar-refractivity contribution in [2.75, 3.05) is 10.6 Å². The fourth-order valence-corrected chi connectivity index (χ4v) is 10.6. The third-order valence-corrected chi connectivity index (χ3v) is 14.7. The molecule has 364 valence electrons. The number of nitrogens with zero attached hydrogens (tertiary/aromatic N) is 7. The molecule has 0 atom stereocenters. The van der Waals surface area contributed by atoms with Crippen LogP contribution >= 0.6 is 0 Å². The minimum atomic E-state index is -0.408. The Balaban J connectivity index is 0.000000147. The third-order valence-electron chi connectivity index (χ3n) is 14.7. The van der Waals surface area contributed by atoms with E-state index >= 15 is 0 Å². The average molecular weight is 976 g/mol. The maximum absolute atomic E-state index is 6.69. The zero-order chi connectivity index (χ0) is 50.7. The Hall–Kier alpha value is -9.29. The first-order valence-corrected chi connectivity index (χ1v) is 25.4. The second-order valence-electron chi connectivity index (χ2n) is 20.1. The summed E-state index contributed by atoms with van der Waals surface area (Å²) in [6.45, 7) is 4.04. The Morgan fingerprint density at radius 3 is 1.45 bits per heavy atom. The smallest absolute Gasteiger partial charge is 0.154 e. The molecule has 3 aliphatic rings. The Morgan fingerprint density at radius 2 is 0.947 bits per heavy atom. The molecule has 0 spiro atoms. The van der Waals surface area contributed by atoms with Crippen LogP contribution in [0.25, 0.3) is 90.3 Å². The lowest BCUT2D eigenvalue weighted by Gasteiger charge is -2.38. The number of nitrogens with one attached hydrogen (secondary N) is 2. The second kappa shape index (κ2) is 18.3. The molecular weight excluding hydrogens is 923 g/mol. The molecule has 6 N–H and O–H groups in total. The van der Waals surface area contributed by atoms with Crippen molar-refractivity contribution in [2.45, 2.75) is 44.2 Å². The van der Waals surface area contributed by atoms with Crippen molar-refractivity contribution in [2.24, 2.45) is 11.5 Å². The molecular formula is C64H53N11. The number of anilines is 4. The van der Waals surface area contributed by atoms with Gasteiger partial charge in [0.1, 0.15) is 11.6 Å². The molecule has 2 aliphatic heterocycles. The highest BCUT2D eigenvalue weighted by molar-refractivity contribution is 5.93. The predicted octanol–water partition coefficient (Wildman–Crippen LogP) is 14.2. The number of benzene rings is 6. The van der Waals surface area contributed by atoms with Crippen LogP contribution in [-0.4, -0.2) is 34.1 Å². The van der Waals surface area contributed by atoms with Crippen molar-refractivity contribution in [1.29, 1.82) is 0 Å². The van der Waals surface area contributed by atoms with Crippen molar-refractivity contribution in [3.63, 3.8) is 0 Å². The van der Waals surface area contributed by atoms with E-state index in [1.165, 1.54) is 12.0 Å². The first kappa shape index (κ1) is 45.6. The van der Waals surface area contributed by atoms with E-state index in [2.05, 4.69) is 175 Å². The molecule has 14 rings (SSSR count). The van der Waals surface area contributed by atoms with Crippen LogP contribution < -0.4 is 22.1 Å². The number of pyridine rings is 3. The Bertz CT molecular complexity index is 3890. The first-order chi connectivity index (χ1) is 36.7. The fraction of sp³-hybridized carbons (Fsp3) is 0.109. The minimum absolute atomic E-state index is 0.211. The second-order valence-corrected chi connectivity index (χ2v) is 20.1. The van der Waals surface area contributed by atoms with Crippen molar-refractivity contribution >= 4 is 23.0 Å². The molecule has 1 aliphatic carbocycles. The molecule has 11 nitrogen and oxygen atoms in total. The fourth-order valence-electron chi connectivity index (χ4n) is 10.6. The van der Waals surface area contributed by atoms with Gasteiger partial charge in [0.05, 0.1) is 45.5 Å². The maximum atomic E-state index is 6.69. The van der Waals surface area contributed by atoms with Gasteiger partial charge in [0.2, 0.25) is 0 Å². The lowest BCUT2D eigenvalue weighted by Crippen LogP contribution is -2.43. The monoisotopic (exact) mass is 975 g/mol. The Kier molecular flexibility index (Phi) is 11.1. The summed E-state index contributed by atoms with van der Waals surface area (Å²) >= 11 is 0. The van der Waals surface area contributed by atoms with Gasteiger partial charge in [-0.25, -0.2) is 19.9 Å². The van der Waals surface area contributed by atoms with Crippen LogP contribution in [0.4, 0.5) is 23.0 Å². The van der Waals surface area contributed by atoms with Crippen molar-refractivity contribution in [1.82, 2.24) is 34.1 Å². The van der Waals surface area contributed by atoms with E-state index in [4.69, 9.17) is 26.4 Å². The molecule has 0 radical (unpaired) electrons. The van der Waals surface area contributed by atoms with Crippen LogP contribution in [0.3, 0.4) is 0 Å². The molecule has 5 aromatic heterocycles. The summed E-state index contributed by atoms with van der Waals surface area (Å²) in [6, 6.07) is 64.9. The molecule has 0 unspecified atom stereocenters. The Labute approximate surface area is 435 Å². The van der Waals surface area contributed by atoms with E-state index in [1.54, 1.807) is 6.20 Å². The molecule has 6 aromatic carbocycles. The van der Waals surface area contributed by atoms with Crippen LogP contribution in [0, 0.1) is 0 Å². The molecule has 0 bridgehead atoms. The summed E-state index contributed by atoms with van der Waals surface area (Å²) in [5.74, 6) is 3.35. The number of imidazole rings is 2. The van der Waals surface area contributed by atoms with Gasteiger partial charge in [-0.1, -0.05) is 133 Å². The van der Waals surface area contributed by atoms with E-state index < -0.39 is 5.54 Å². The molecule has 75 heavy (non-hydrogen) atoms. The summed E-state index contributed by atoms with van der Waals surface area (Å²) < 4.78 is 4.48. The van der Waals surface area contributed by atoms with Gasteiger partial charge >= 0.3 is 0 Å². The predicted molar refractivity (Wildman–Crippen MR) is 302 cm³/mol. The average Bonchev–Trinajstić information content (AvgIpc) is 3.98. The molecule has 0 amide bonds. The normalized spacial score (nSPS) is 13.5. The summed E-state index contributed by atoms with van der Waals surface area (Å²) in [7, 11) is 0. The lowest BCUT2D eigenvalue weighted by molar-refractivity contribution is 0.253. The topological polar surface area (TPSA) is 150 Å². The highest BCUT2D eigenvalue weighted by Gasteiger charge is 2.35. The van der Waals surface area contributed by atoms with Crippen molar-refractivity contribution < 1.29 is 0 Å². The SMILES string of the molecule is CC(C)(N)c1ccc(-c2c(-c3ccccc3)nc3n2-c2cccnc2Nc2ccccc2-3)cc1.NC1(c2ccc(-c3c(-c4ccc(-c5cccnc5)cc4)nc4n3-c3cccnc3Nc3ccccc3-4)cc2)CCC1. The number of para-hydroxylation sites is 2. The molecule has 7 heterocycles. The van der Waals surface area contributed by atoms with Gasteiger partial charge in [0, 0.05) is 69.2 Å². The van der Waals surface area contributed by atoms with Gasteiger partial charge in [-0.3, -0.25) is 14.1 Å². The molecule has 11 heteroatoms. The first-order valence-electron chi connectivity index (χ1n) is 25.4. The zero-order valence-electron chi connectivity index (χ0n) is 41.6. The van der Waals surface area contributed by atoms with E-state index in [1.807, 2.05) is 74.9 Å². The lowest BCUT2D eigenvalue weighted by atomic mass is 9.72. The molecule has 1 saturated carbocycles. The van der Waals surface area contributed by atoms with Crippen molar-refractivity contribution in [3.05, 3.63) is 224 Å². The summed E-state index contributed by atoms with van der Waals surface area (Å²) in [4.78, 5) is 24.3. The quantitative estimate of drug-likeness (QED) is 0.122. The molecule has 1 fully saturated rings. The number of aromatic nitrogens is 7. The van der Waals surface area contributed by atoms with E-state index in [9.17, 15) is 0 Å². The minimum Gasteiger partial charge on any atom is -0.338 e. The molecule has 11 aromatic rings. The van der Waals surface area contributed by atoms with Crippen LogP contribution in [0.5, 0.6) is 0 Å². The number of nitrogens with two attached hydrogens (primary N) is 2. The number of hydrogen-bond acceptors (Lipinski definition) is 9. The van der Waals surface area contributed by atoms with Crippen LogP contribution in [0.15, 0.2) is 213 Å². The van der Waals surface area contributed by atoms with Gasteiger partial charge in [0.25, 0.3) is 0 Å². The van der Waals surface area contributed by atoms with E-state index in [-0.39, 0.29) is 5.54 Å². The van der Waals surface area contributed by atoms with Crippen LogP contribution in [0.2, 0.25) is 0 Å².